The highest BCUT2D eigenvalue weighted by molar-refractivity contribution is 6.09. The number of nitrogens with zero attached hydrogens (tertiary/aromatic N) is 4. The fourth-order valence-corrected chi connectivity index (χ4v) is 6.80. The molecule has 254 valence electrons. The SMILES string of the molecule is [2H]C([2H])([2H])c1cc(C)n(-c2cc(Oc3ccc4c5cc(C(C)(C)C)ccc5n(-c5cc(C(C)(C)c6ccccc6)ccn5)c4c3)cc(C(C)(C)C)c2)n1. The van der Waals surface area contributed by atoms with Gasteiger partial charge in [-0.1, -0.05) is 91.8 Å². The molecule has 0 fully saturated rings. The first-order valence-electron chi connectivity index (χ1n) is 18.8. The average Bonchev–Trinajstić information content (AvgIpc) is 3.65. The Hall–Kier alpha value is -5.16. The van der Waals surface area contributed by atoms with Gasteiger partial charge in [0, 0.05) is 44.3 Å². The first-order chi connectivity index (χ1) is 24.8. The van der Waals surface area contributed by atoms with Crippen LogP contribution in [0.2, 0.25) is 0 Å². The van der Waals surface area contributed by atoms with Gasteiger partial charge in [0.1, 0.15) is 17.3 Å². The number of pyridine rings is 1. The third-order valence-corrected chi connectivity index (χ3v) is 9.92. The van der Waals surface area contributed by atoms with Gasteiger partial charge in [-0.05, 0) is 101 Å². The van der Waals surface area contributed by atoms with Gasteiger partial charge in [0.05, 0.1) is 22.4 Å². The minimum absolute atomic E-state index is 0.0174. The Balaban J connectivity index is 1.39. The van der Waals surface area contributed by atoms with Crippen molar-refractivity contribution in [2.24, 2.45) is 0 Å². The highest BCUT2D eigenvalue weighted by atomic mass is 16.5. The summed E-state index contributed by atoms with van der Waals surface area (Å²) < 4.78 is 34.4. The molecule has 0 bridgehead atoms. The maximum absolute atomic E-state index is 7.91. The zero-order chi connectivity index (χ0) is 38.1. The molecule has 0 aliphatic heterocycles. The van der Waals surface area contributed by atoms with Crippen LogP contribution < -0.4 is 4.74 Å². The normalized spacial score (nSPS) is 13.7. The molecule has 3 heterocycles. The Bertz CT molecular complexity index is 2470. The topological polar surface area (TPSA) is 44.9 Å². The first kappa shape index (κ1) is 29.7. The van der Waals surface area contributed by atoms with Gasteiger partial charge in [-0.3, -0.25) is 4.57 Å². The molecule has 0 spiro atoms. The third-order valence-electron chi connectivity index (χ3n) is 9.92. The third kappa shape index (κ3) is 6.10. The zero-order valence-electron chi connectivity index (χ0n) is 33.6. The highest BCUT2D eigenvalue weighted by Gasteiger charge is 2.25. The lowest BCUT2D eigenvalue weighted by Gasteiger charge is -2.26. The van der Waals surface area contributed by atoms with E-state index < -0.39 is 6.85 Å². The van der Waals surface area contributed by atoms with Crippen LogP contribution in [0, 0.1) is 13.8 Å². The summed E-state index contributed by atoms with van der Waals surface area (Å²) in [6.07, 6.45) is 1.91. The molecule has 0 aliphatic carbocycles. The second-order valence-corrected chi connectivity index (χ2v) is 16.0. The monoisotopic (exact) mass is 663 g/mol. The van der Waals surface area contributed by atoms with Gasteiger partial charge in [0.25, 0.3) is 0 Å². The molecule has 50 heavy (non-hydrogen) atoms. The van der Waals surface area contributed by atoms with E-state index in [-0.39, 0.29) is 21.9 Å². The van der Waals surface area contributed by atoms with Crippen molar-refractivity contribution in [3.63, 3.8) is 0 Å². The number of fused-ring (bicyclic) bond motifs is 3. The summed E-state index contributed by atoms with van der Waals surface area (Å²) in [5.74, 6) is 2.15. The van der Waals surface area contributed by atoms with Crippen molar-refractivity contribution in [1.82, 2.24) is 19.3 Å². The van der Waals surface area contributed by atoms with Gasteiger partial charge in [-0.2, -0.15) is 5.10 Å². The number of benzene rings is 4. The summed E-state index contributed by atoms with van der Waals surface area (Å²) in [6.45, 7) is 17.2. The quantitative estimate of drug-likeness (QED) is 0.178. The summed E-state index contributed by atoms with van der Waals surface area (Å²) >= 11 is 0. The van der Waals surface area contributed by atoms with Crippen molar-refractivity contribution in [3.8, 4) is 23.0 Å². The minimum atomic E-state index is -2.30. The number of rotatable bonds is 6. The predicted octanol–water partition coefficient (Wildman–Crippen LogP) is 11.7. The van der Waals surface area contributed by atoms with Crippen LogP contribution in [0.3, 0.4) is 0 Å². The Morgan fingerprint density at radius 3 is 2.08 bits per heavy atom. The van der Waals surface area contributed by atoms with Crippen LogP contribution in [0.4, 0.5) is 0 Å². The standard InChI is InChI=1S/C45H48N4O/c1-29-22-30(2)49(47-29)35-23-34(44(6,7)8)24-37(27-35)50-36-17-18-38-39-25-32(43(3,4)5)16-19-40(39)48(41(38)28-36)42-26-33(20-21-46-42)45(9,10)31-14-12-11-13-15-31/h11-28H,1-10H3/i1D3. The second kappa shape index (κ2) is 12.0. The van der Waals surface area contributed by atoms with E-state index in [0.29, 0.717) is 11.5 Å². The number of aryl methyl sites for hydroxylation is 2. The van der Waals surface area contributed by atoms with E-state index in [4.69, 9.17) is 13.8 Å². The Morgan fingerprint density at radius 1 is 0.620 bits per heavy atom. The maximum Gasteiger partial charge on any atom is 0.137 e. The molecule has 0 saturated heterocycles. The van der Waals surface area contributed by atoms with Crippen molar-refractivity contribution < 1.29 is 8.85 Å². The Labute approximate surface area is 300 Å². The summed E-state index contributed by atoms with van der Waals surface area (Å²) in [7, 11) is 0. The summed E-state index contributed by atoms with van der Waals surface area (Å²) in [4.78, 5) is 4.96. The minimum Gasteiger partial charge on any atom is -0.457 e. The van der Waals surface area contributed by atoms with Gasteiger partial charge < -0.3 is 4.74 Å². The van der Waals surface area contributed by atoms with E-state index >= 15 is 0 Å². The second-order valence-electron chi connectivity index (χ2n) is 16.0. The van der Waals surface area contributed by atoms with Gasteiger partial charge in [0.2, 0.25) is 0 Å². The molecule has 0 aliphatic rings. The van der Waals surface area contributed by atoms with Crippen molar-refractivity contribution in [1.29, 1.82) is 0 Å². The van der Waals surface area contributed by atoms with E-state index in [1.807, 2.05) is 25.3 Å². The lowest BCUT2D eigenvalue weighted by atomic mass is 9.78. The molecular weight excluding hydrogens is 613 g/mol. The number of ether oxygens (including phenoxy) is 1. The molecule has 0 atom stereocenters. The first-order valence-corrected chi connectivity index (χ1v) is 17.3. The van der Waals surface area contributed by atoms with Crippen LogP contribution in [0.25, 0.3) is 33.3 Å². The smallest absolute Gasteiger partial charge is 0.137 e. The van der Waals surface area contributed by atoms with Gasteiger partial charge in [-0.15, -0.1) is 0 Å². The molecule has 0 unspecified atom stereocenters. The average molecular weight is 664 g/mol. The fraction of sp³-hybridized carbons (Fsp3) is 0.289. The van der Waals surface area contributed by atoms with Crippen LogP contribution in [0.1, 0.15) is 93.1 Å². The Morgan fingerprint density at radius 2 is 1.38 bits per heavy atom. The van der Waals surface area contributed by atoms with Gasteiger partial charge >= 0.3 is 0 Å². The highest BCUT2D eigenvalue weighted by Crippen LogP contribution is 2.39. The molecule has 7 aromatic rings. The van der Waals surface area contributed by atoms with E-state index in [2.05, 4.69) is 150 Å². The molecule has 0 saturated carbocycles. The summed E-state index contributed by atoms with van der Waals surface area (Å²) in [6, 6.07) is 35.6. The zero-order valence-corrected chi connectivity index (χ0v) is 30.6. The van der Waals surface area contributed by atoms with Crippen molar-refractivity contribution in [2.45, 2.75) is 85.4 Å². The lowest BCUT2D eigenvalue weighted by molar-refractivity contribution is 0.478. The summed E-state index contributed by atoms with van der Waals surface area (Å²) in [5.41, 5.74) is 7.86. The van der Waals surface area contributed by atoms with Crippen LogP contribution in [-0.4, -0.2) is 19.3 Å². The maximum atomic E-state index is 7.91. The van der Waals surface area contributed by atoms with Crippen LogP contribution in [0.5, 0.6) is 11.5 Å². The van der Waals surface area contributed by atoms with Crippen LogP contribution in [-0.2, 0) is 16.2 Å². The summed E-state index contributed by atoms with van der Waals surface area (Å²) in [5, 5.41) is 6.76. The molecule has 3 aromatic heterocycles. The van der Waals surface area contributed by atoms with Crippen molar-refractivity contribution in [3.05, 3.63) is 143 Å². The van der Waals surface area contributed by atoms with Gasteiger partial charge in [-0.25, -0.2) is 9.67 Å². The lowest BCUT2D eigenvalue weighted by Crippen LogP contribution is -2.19. The van der Waals surface area contributed by atoms with Crippen LogP contribution >= 0.6 is 0 Å². The molecule has 0 N–H and O–H groups in total. The molecule has 5 nitrogen and oxygen atoms in total. The number of hydrogen-bond acceptors (Lipinski definition) is 3. The van der Waals surface area contributed by atoms with E-state index in [1.165, 1.54) is 16.7 Å². The number of hydrogen-bond donors (Lipinski definition) is 0. The molecule has 0 amide bonds. The molecular formula is C45H48N4O. The van der Waals surface area contributed by atoms with E-state index in [9.17, 15) is 0 Å². The van der Waals surface area contributed by atoms with Crippen molar-refractivity contribution >= 4 is 21.8 Å². The largest absolute Gasteiger partial charge is 0.457 e. The molecule has 7 rings (SSSR count). The fourth-order valence-electron chi connectivity index (χ4n) is 6.80. The van der Waals surface area contributed by atoms with E-state index in [0.717, 1.165) is 44.6 Å². The van der Waals surface area contributed by atoms with E-state index in [1.54, 1.807) is 10.7 Å². The molecule has 4 aromatic carbocycles. The Kier molecular flexibility index (Phi) is 7.14. The van der Waals surface area contributed by atoms with Crippen LogP contribution in [0.15, 0.2) is 109 Å². The van der Waals surface area contributed by atoms with Crippen molar-refractivity contribution in [2.75, 3.05) is 0 Å². The molecule has 0 radical (unpaired) electrons. The van der Waals surface area contributed by atoms with Gasteiger partial charge in [0.15, 0.2) is 0 Å². The predicted molar refractivity (Wildman–Crippen MR) is 208 cm³/mol. The molecule has 5 heteroatoms. The number of aromatic nitrogens is 4.